The molecule has 4 aliphatic rings. The average Bonchev–Trinajstić information content (AvgIpc) is 3.60. The lowest BCUT2D eigenvalue weighted by molar-refractivity contribution is -0.138. The van der Waals surface area contributed by atoms with Gasteiger partial charge in [-0.25, -0.2) is 0 Å². The number of amides is 4. The monoisotopic (exact) mass is 744 g/mol. The number of carbonyl (C=O) groups is 4. The van der Waals surface area contributed by atoms with Crippen LogP contribution in [-0.4, -0.2) is 40.9 Å². The summed E-state index contributed by atoms with van der Waals surface area (Å²) in [6.07, 6.45) is 2.38. The van der Waals surface area contributed by atoms with Gasteiger partial charge in [0.05, 0.1) is 41.7 Å². The van der Waals surface area contributed by atoms with Gasteiger partial charge in [-0.1, -0.05) is 77.9 Å². The van der Waals surface area contributed by atoms with Crippen molar-refractivity contribution >= 4 is 46.4 Å². The van der Waals surface area contributed by atoms with Crippen LogP contribution in [0.25, 0.3) is 0 Å². The smallest absolute Gasteiger partial charge is 0.260 e. The first kappa shape index (κ1) is 35.0. The summed E-state index contributed by atoms with van der Waals surface area (Å²) in [6.45, 7) is 1.96. The molecule has 5 aromatic rings. The number of hydrogen-bond donors (Lipinski definition) is 3. The molecule has 9 rings (SSSR count). The summed E-state index contributed by atoms with van der Waals surface area (Å²) >= 11 is 0. The number of para-hydroxylation sites is 1. The Labute approximate surface area is 324 Å². The van der Waals surface area contributed by atoms with Crippen LogP contribution in [0.15, 0.2) is 139 Å². The summed E-state index contributed by atoms with van der Waals surface area (Å²) in [6, 6.07) is 38.4. The standard InChI is InChI=1S/C46H40N4O6/c1-27-13-15-31(16-14-27)48-50-43(53)38-26-36-34(41(37-25-33(56-2)21-24-39(37)51)46(38,45(50)55)28-9-5-3-6-10-28)22-23-35-40(36)44(54)49(42(35)52)32-19-17-30(18-20-32)47-29-11-7-4-8-12-29/h3-22,24-25,35-36,38,40-41,47-48,51H,23,26H2,1-2H3/t35-,36+,38-,40-,41+,46+/m0/s1. The van der Waals surface area contributed by atoms with Gasteiger partial charge < -0.3 is 15.2 Å². The Morgan fingerprint density at radius 1 is 0.732 bits per heavy atom. The van der Waals surface area contributed by atoms with Gasteiger partial charge in [0.15, 0.2) is 0 Å². The van der Waals surface area contributed by atoms with E-state index < -0.39 is 46.8 Å². The van der Waals surface area contributed by atoms with E-state index in [1.807, 2.05) is 110 Å². The second-order valence-corrected chi connectivity index (χ2v) is 15.1. The lowest BCUT2D eigenvalue weighted by Crippen LogP contribution is -2.53. The normalized spacial score (nSPS) is 25.3. The molecule has 0 bridgehead atoms. The molecule has 5 aromatic carbocycles. The predicted molar refractivity (Wildman–Crippen MR) is 212 cm³/mol. The number of hydrogen-bond acceptors (Lipinski definition) is 8. The Balaban J connectivity index is 1.16. The van der Waals surface area contributed by atoms with Crippen LogP contribution in [0.5, 0.6) is 11.5 Å². The van der Waals surface area contributed by atoms with E-state index >= 15 is 4.79 Å². The first-order valence-electron chi connectivity index (χ1n) is 18.8. The van der Waals surface area contributed by atoms with Gasteiger partial charge in [0.1, 0.15) is 11.5 Å². The van der Waals surface area contributed by atoms with Gasteiger partial charge in [0.2, 0.25) is 11.8 Å². The van der Waals surface area contributed by atoms with Crippen molar-refractivity contribution in [3.63, 3.8) is 0 Å². The summed E-state index contributed by atoms with van der Waals surface area (Å²) in [5, 5.41) is 16.1. The van der Waals surface area contributed by atoms with Crippen molar-refractivity contribution in [2.24, 2.45) is 23.7 Å². The molecule has 280 valence electrons. The van der Waals surface area contributed by atoms with Crippen LogP contribution >= 0.6 is 0 Å². The van der Waals surface area contributed by atoms with E-state index in [9.17, 15) is 19.5 Å². The molecule has 4 amide bonds. The zero-order valence-electron chi connectivity index (χ0n) is 30.9. The molecule has 6 atom stereocenters. The number of phenolic OH excluding ortho intramolecular Hbond substituents is 1. The summed E-state index contributed by atoms with van der Waals surface area (Å²) in [5.74, 6) is -5.01. The van der Waals surface area contributed by atoms with Crippen molar-refractivity contribution in [1.29, 1.82) is 0 Å². The van der Waals surface area contributed by atoms with Crippen LogP contribution in [-0.2, 0) is 24.6 Å². The number of nitrogens with zero attached hydrogens (tertiary/aromatic N) is 2. The third-order valence-electron chi connectivity index (χ3n) is 12.1. The highest BCUT2D eigenvalue weighted by molar-refractivity contribution is 6.22. The van der Waals surface area contributed by atoms with Crippen LogP contribution in [0.4, 0.5) is 22.7 Å². The number of aromatic hydroxyl groups is 1. The number of benzene rings is 5. The van der Waals surface area contributed by atoms with Gasteiger partial charge in [0, 0.05) is 22.9 Å². The molecule has 3 N–H and O–H groups in total. The Kier molecular flexibility index (Phi) is 8.49. The van der Waals surface area contributed by atoms with Crippen molar-refractivity contribution in [3.05, 3.63) is 156 Å². The highest BCUT2D eigenvalue weighted by Gasteiger charge is 2.70. The lowest BCUT2D eigenvalue weighted by Gasteiger charge is -2.50. The molecule has 2 saturated heterocycles. The number of allylic oxidation sites excluding steroid dienone is 2. The van der Waals surface area contributed by atoms with Gasteiger partial charge in [-0.3, -0.25) is 29.5 Å². The molecule has 0 spiro atoms. The molecule has 0 radical (unpaired) electrons. The van der Waals surface area contributed by atoms with Gasteiger partial charge >= 0.3 is 0 Å². The number of anilines is 4. The van der Waals surface area contributed by atoms with E-state index in [1.54, 1.807) is 24.3 Å². The minimum absolute atomic E-state index is 0.0709. The van der Waals surface area contributed by atoms with Crippen molar-refractivity contribution in [2.75, 3.05) is 22.8 Å². The molecule has 2 heterocycles. The number of fused-ring (bicyclic) bond motifs is 4. The molecule has 2 aliphatic heterocycles. The fourth-order valence-electron chi connectivity index (χ4n) is 9.62. The third-order valence-corrected chi connectivity index (χ3v) is 12.1. The maximum atomic E-state index is 15.4. The molecular formula is C46H40N4O6. The Bertz CT molecular complexity index is 2400. The fraction of sp³-hybridized carbons (Fsp3) is 0.217. The molecule has 10 heteroatoms. The zero-order chi connectivity index (χ0) is 38.7. The quantitative estimate of drug-likeness (QED) is 0.109. The molecular weight excluding hydrogens is 705 g/mol. The van der Waals surface area contributed by atoms with E-state index in [0.29, 0.717) is 28.3 Å². The Morgan fingerprint density at radius 3 is 2.09 bits per heavy atom. The number of nitrogens with one attached hydrogen (secondary N) is 2. The topological polar surface area (TPSA) is 128 Å². The van der Waals surface area contributed by atoms with Crippen LogP contribution in [0.1, 0.15) is 35.4 Å². The van der Waals surface area contributed by atoms with Crippen LogP contribution in [0.3, 0.4) is 0 Å². The minimum Gasteiger partial charge on any atom is -0.508 e. The van der Waals surface area contributed by atoms with Gasteiger partial charge in [-0.05, 0) is 98.0 Å². The predicted octanol–water partition coefficient (Wildman–Crippen LogP) is 7.64. The van der Waals surface area contributed by atoms with Crippen LogP contribution in [0.2, 0.25) is 0 Å². The maximum absolute atomic E-state index is 15.4. The van der Waals surface area contributed by atoms with Gasteiger partial charge in [-0.2, -0.15) is 5.01 Å². The molecule has 3 fully saturated rings. The molecule has 10 nitrogen and oxygen atoms in total. The molecule has 56 heavy (non-hydrogen) atoms. The summed E-state index contributed by atoms with van der Waals surface area (Å²) in [5.41, 5.74) is 7.13. The minimum atomic E-state index is -1.51. The SMILES string of the molecule is COc1ccc(O)c([C@H]2C3=CC[C@@H]4C(=O)N(c5ccc(Nc6ccccc6)cc5)C(=O)[C@@H]4[C@@H]3C[C@H]3C(=O)N(Nc4ccc(C)cc4)C(=O)[C@@]23c2ccccc2)c1. The Hall–Kier alpha value is -6.68. The van der Waals surface area contributed by atoms with Crippen LogP contribution in [0, 0.1) is 30.6 Å². The van der Waals surface area contributed by atoms with Crippen molar-refractivity contribution in [3.8, 4) is 11.5 Å². The highest BCUT2D eigenvalue weighted by atomic mass is 16.5. The van der Waals surface area contributed by atoms with Gasteiger partial charge in [-0.15, -0.1) is 0 Å². The van der Waals surface area contributed by atoms with Crippen molar-refractivity contribution < 1.29 is 29.0 Å². The van der Waals surface area contributed by atoms with Gasteiger partial charge in [0.25, 0.3) is 11.8 Å². The number of phenols is 1. The molecule has 0 unspecified atom stereocenters. The first-order valence-corrected chi connectivity index (χ1v) is 18.8. The average molecular weight is 745 g/mol. The summed E-state index contributed by atoms with van der Waals surface area (Å²) < 4.78 is 5.63. The van der Waals surface area contributed by atoms with E-state index in [4.69, 9.17) is 4.74 Å². The third kappa shape index (κ3) is 5.38. The largest absolute Gasteiger partial charge is 0.508 e. The van der Waals surface area contributed by atoms with E-state index in [2.05, 4.69) is 10.7 Å². The first-order chi connectivity index (χ1) is 27.2. The van der Waals surface area contributed by atoms with E-state index in [1.165, 1.54) is 18.1 Å². The van der Waals surface area contributed by atoms with E-state index in [-0.39, 0.29) is 30.4 Å². The maximum Gasteiger partial charge on any atom is 0.260 e. The van der Waals surface area contributed by atoms with Crippen molar-refractivity contribution in [2.45, 2.75) is 31.1 Å². The highest BCUT2D eigenvalue weighted by Crippen LogP contribution is 2.65. The summed E-state index contributed by atoms with van der Waals surface area (Å²) in [4.78, 5) is 60.5. The molecule has 1 saturated carbocycles. The number of carbonyl (C=O) groups excluding carboxylic acids is 4. The van der Waals surface area contributed by atoms with E-state index in [0.717, 1.165) is 27.5 Å². The number of imide groups is 2. The number of rotatable bonds is 8. The lowest BCUT2D eigenvalue weighted by atomic mass is 9.49. The Morgan fingerprint density at radius 2 is 1.39 bits per heavy atom. The van der Waals surface area contributed by atoms with Crippen LogP contribution < -0.4 is 20.4 Å². The number of aryl methyl sites for hydroxylation is 1. The molecule has 2 aliphatic carbocycles. The number of ether oxygens (including phenoxy) is 1. The number of methoxy groups -OCH3 is 1. The van der Waals surface area contributed by atoms with Crippen molar-refractivity contribution in [1.82, 2.24) is 5.01 Å². The summed E-state index contributed by atoms with van der Waals surface area (Å²) in [7, 11) is 1.53. The second-order valence-electron chi connectivity index (χ2n) is 15.1. The second kappa shape index (κ2) is 13.6. The fourth-order valence-corrected chi connectivity index (χ4v) is 9.62. The zero-order valence-corrected chi connectivity index (χ0v) is 30.9. The molecule has 0 aromatic heterocycles. The number of hydrazine groups is 1.